The number of allylic oxidation sites excluding steroid dienone is 1. The molecule has 0 amide bonds. The summed E-state index contributed by atoms with van der Waals surface area (Å²) in [6.45, 7) is 4.32. The summed E-state index contributed by atoms with van der Waals surface area (Å²) >= 11 is 0. The fraction of sp³-hybridized carbons (Fsp3) is 0.692. The molecule has 0 fully saturated rings. The van der Waals surface area contributed by atoms with Crippen LogP contribution in [0.4, 0.5) is 17.6 Å². The Morgan fingerprint density at radius 2 is 1.07 bits per heavy atom. The normalized spacial score (nSPS) is 11.1. The molecule has 0 heterocycles. The maximum atomic E-state index is 14.5. The molecule has 1 rings (SSSR count). The smallest absolute Gasteiger partial charge is 0.207 e. The molecule has 0 N–H and O–H groups in total. The molecule has 0 saturated carbocycles. The van der Waals surface area contributed by atoms with Crippen molar-refractivity contribution >= 4 is 5.57 Å². The highest BCUT2D eigenvalue weighted by molar-refractivity contribution is 5.66. The minimum absolute atomic E-state index is 0.0145. The summed E-state index contributed by atoms with van der Waals surface area (Å²) in [4.78, 5) is 0. The summed E-state index contributed by atoms with van der Waals surface area (Å²) in [5, 5.41) is 0. The highest BCUT2D eigenvalue weighted by Gasteiger charge is 2.16. The van der Waals surface area contributed by atoms with E-state index < -0.39 is 17.7 Å². The van der Waals surface area contributed by atoms with Crippen LogP contribution in [0.1, 0.15) is 121 Å². The van der Waals surface area contributed by atoms with Gasteiger partial charge in [-0.3, -0.25) is 0 Å². The quantitative estimate of drug-likeness (QED) is 0.171. The molecule has 0 aromatic heterocycles. The predicted molar refractivity (Wildman–Crippen MR) is 120 cm³/mol. The average Bonchev–Trinajstić information content (AvgIpc) is 2.70. The van der Waals surface area contributed by atoms with Gasteiger partial charge in [0.2, 0.25) is 0 Å². The van der Waals surface area contributed by atoms with E-state index in [0.717, 1.165) is 57.1 Å². The van der Waals surface area contributed by atoms with Gasteiger partial charge in [-0.25, -0.2) is 8.78 Å². The average molecular weight is 429 g/mol. The van der Waals surface area contributed by atoms with Crippen molar-refractivity contribution in [1.29, 1.82) is 0 Å². The van der Waals surface area contributed by atoms with Crippen LogP contribution in [0.2, 0.25) is 0 Å². The molecule has 1 aromatic carbocycles. The molecule has 0 bridgehead atoms. The zero-order valence-corrected chi connectivity index (χ0v) is 19.0. The molecule has 172 valence electrons. The molecule has 0 aliphatic carbocycles. The van der Waals surface area contributed by atoms with Gasteiger partial charge < -0.3 is 0 Å². The van der Waals surface area contributed by atoms with Gasteiger partial charge >= 0.3 is 0 Å². The lowest BCUT2D eigenvalue weighted by Crippen LogP contribution is -2.00. The molecule has 0 saturated heterocycles. The molecule has 0 atom stereocenters. The molecule has 0 unspecified atom stereocenters. The van der Waals surface area contributed by atoms with Crippen molar-refractivity contribution in [2.24, 2.45) is 0 Å². The lowest BCUT2D eigenvalue weighted by molar-refractivity contribution is 0.422. The van der Waals surface area contributed by atoms with Gasteiger partial charge in [0.05, 0.1) is 0 Å². The monoisotopic (exact) mass is 428 g/mol. The molecule has 30 heavy (non-hydrogen) atoms. The second-order valence-corrected chi connectivity index (χ2v) is 8.40. The van der Waals surface area contributed by atoms with E-state index in [9.17, 15) is 17.6 Å². The SMILES string of the molecule is CCCCCCCCCC(=C(F)F)c1cc(F)c(CCCCCCCCC)c(F)c1. The molecule has 0 spiro atoms. The Morgan fingerprint density at radius 1 is 0.633 bits per heavy atom. The maximum absolute atomic E-state index is 14.5. The fourth-order valence-corrected chi connectivity index (χ4v) is 3.88. The van der Waals surface area contributed by atoms with E-state index in [-0.39, 0.29) is 23.1 Å². The zero-order chi connectivity index (χ0) is 22.2. The van der Waals surface area contributed by atoms with E-state index in [1.54, 1.807) is 0 Å². The number of hydrogen-bond donors (Lipinski definition) is 0. The molecule has 0 aliphatic heterocycles. The van der Waals surface area contributed by atoms with Crippen molar-refractivity contribution in [1.82, 2.24) is 0 Å². The van der Waals surface area contributed by atoms with Crippen LogP contribution in [-0.2, 0) is 6.42 Å². The minimum Gasteiger partial charge on any atom is -0.207 e. The summed E-state index contributed by atoms with van der Waals surface area (Å²) in [7, 11) is 0. The summed E-state index contributed by atoms with van der Waals surface area (Å²) in [6, 6.07) is 2.19. The minimum atomic E-state index is -1.83. The molecule has 0 radical (unpaired) electrons. The molecule has 4 heteroatoms. The van der Waals surface area contributed by atoms with Crippen molar-refractivity contribution in [3.05, 3.63) is 41.0 Å². The van der Waals surface area contributed by atoms with Gasteiger partial charge in [-0.15, -0.1) is 0 Å². The molecular formula is C26H40F4. The lowest BCUT2D eigenvalue weighted by atomic mass is 9.96. The van der Waals surface area contributed by atoms with Crippen LogP contribution in [0.3, 0.4) is 0 Å². The topological polar surface area (TPSA) is 0 Å². The number of halogens is 4. The van der Waals surface area contributed by atoms with Crippen LogP contribution >= 0.6 is 0 Å². The van der Waals surface area contributed by atoms with Crippen molar-refractivity contribution < 1.29 is 17.6 Å². The summed E-state index contributed by atoms with van der Waals surface area (Å²) in [5.74, 6) is -1.40. The highest BCUT2D eigenvalue weighted by Crippen LogP contribution is 2.30. The number of rotatable bonds is 17. The van der Waals surface area contributed by atoms with Gasteiger partial charge in [-0.05, 0) is 43.4 Å². The Labute approximate surface area is 181 Å². The first-order valence-electron chi connectivity index (χ1n) is 12.0. The van der Waals surface area contributed by atoms with E-state index in [2.05, 4.69) is 13.8 Å². The second-order valence-electron chi connectivity index (χ2n) is 8.40. The Bertz CT molecular complexity index is 594. The van der Waals surface area contributed by atoms with E-state index >= 15 is 0 Å². The summed E-state index contributed by atoms with van der Waals surface area (Å²) in [5.41, 5.74) is -0.204. The van der Waals surface area contributed by atoms with Gasteiger partial charge in [0.25, 0.3) is 6.08 Å². The van der Waals surface area contributed by atoms with Crippen LogP contribution in [0.5, 0.6) is 0 Å². The highest BCUT2D eigenvalue weighted by atomic mass is 19.3. The van der Waals surface area contributed by atoms with Crippen LogP contribution in [0.25, 0.3) is 5.57 Å². The summed E-state index contributed by atoms with van der Waals surface area (Å²) in [6.07, 6.45) is 13.3. The second kappa shape index (κ2) is 16.4. The van der Waals surface area contributed by atoms with E-state index in [1.807, 2.05) is 0 Å². The standard InChI is InChI=1S/C26H40F4/c1-3-5-7-9-11-13-15-17-22(26(29)30)21-19-24(27)23(25(28)20-21)18-16-14-12-10-8-6-4-2/h19-20H,3-18H2,1-2H3. The van der Waals surface area contributed by atoms with E-state index in [0.29, 0.717) is 12.8 Å². The van der Waals surface area contributed by atoms with Crippen LogP contribution in [0.15, 0.2) is 18.2 Å². The maximum Gasteiger partial charge on any atom is 0.274 e. The Balaban J connectivity index is 2.56. The van der Waals surface area contributed by atoms with Crippen molar-refractivity contribution in [2.75, 3.05) is 0 Å². The predicted octanol–water partition coefficient (Wildman–Crippen LogP) is 10.0. The lowest BCUT2D eigenvalue weighted by Gasteiger charge is -2.11. The summed E-state index contributed by atoms with van der Waals surface area (Å²) < 4.78 is 55.8. The van der Waals surface area contributed by atoms with Crippen molar-refractivity contribution in [2.45, 2.75) is 117 Å². The van der Waals surface area contributed by atoms with Crippen molar-refractivity contribution in [3.8, 4) is 0 Å². The van der Waals surface area contributed by atoms with Crippen LogP contribution in [0, 0.1) is 11.6 Å². The Morgan fingerprint density at radius 3 is 1.53 bits per heavy atom. The Kier molecular flexibility index (Phi) is 14.6. The third-order valence-electron chi connectivity index (χ3n) is 5.78. The molecule has 1 aromatic rings. The van der Waals surface area contributed by atoms with Gasteiger partial charge in [0.15, 0.2) is 0 Å². The van der Waals surface area contributed by atoms with Gasteiger partial charge in [-0.2, -0.15) is 8.78 Å². The van der Waals surface area contributed by atoms with Gasteiger partial charge in [-0.1, -0.05) is 90.9 Å². The van der Waals surface area contributed by atoms with Gasteiger partial charge in [0.1, 0.15) is 11.6 Å². The molecule has 0 nitrogen and oxygen atoms in total. The fourth-order valence-electron chi connectivity index (χ4n) is 3.88. The van der Waals surface area contributed by atoms with Crippen LogP contribution in [-0.4, -0.2) is 0 Å². The number of unbranched alkanes of at least 4 members (excludes halogenated alkanes) is 12. The first-order chi connectivity index (χ1) is 14.5. The van der Waals surface area contributed by atoms with E-state index in [1.165, 1.54) is 38.5 Å². The number of hydrogen-bond acceptors (Lipinski definition) is 0. The molecular weight excluding hydrogens is 388 g/mol. The first-order valence-corrected chi connectivity index (χ1v) is 12.0. The van der Waals surface area contributed by atoms with Crippen LogP contribution < -0.4 is 0 Å². The molecule has 0 aliphatic rings. The number of benzene rings is 1. The first kappa shape index (κ1) is 26.7. The zero-order valence-electron chi connectivity index (χ0n) is 19.0. The van der Waals surface area contributed by atoms with Crippen molar-refractivity contribution in [3.63, 3.8) is 0 Å². The Hall–Kier alpha value is -1.32. The third-order valence-corrected chi connectivity index (χ3v) is 5.78. The third kappa shape index (κ3) is 10.6. The van der Waals surface area contributed by atoms with E-state index in [4.69, 9.17) is 0 Å². The largest absolute Gasteiger partial charge is 0.274 e. The van der Waals surface area contributed by atoms with Gasteiger partial charge in [0, 0.05) is 11.1 Å².